The number of anilines is 1. The Kier molecular flexibility index (Phi) is 5.14. The first kappa shape index (κ1) is 14.3. The van der Waals surface area contributed by atoms with Gasteiger partial charge in [-0.2, -0.15) is 0 Å². The van der Waals surface area contributed by atoms with E-state index in [0.717, 1.165) is 29.3 Å². The first-order chi connectivity index (χ1) is 9.13. The van der Waals surface area contributed by atoms with Crippen LogP contribution in [0.4, 0.5) is 5.69 Å². The van der Waals surface area contributed by atoms with Gasteiger partial charge in [0.1, 0.15) is 0 Å². The Labute approximate surface area is 119 Å². The van der Waals surface area contributed by atoms with Crippen LogP contribution in [0.1, 0.15) is 32.6 Å². The number of nitrogens with one attached hydrogen (secondary N) is 1. The molecule has 104 valence electrons. The van der Waals surface area contributed by atoms with Crippen LogP contribution < -0.4 is 11.1 Å². The number of carbonyl (C=O) groups excluding carboxylic acids is 1. The van der Waals surface area contributed by atoms with Crippen LogP contribution in [0.15, 0.2) is 29.2 Å². The predicted molar refractivity (Wildman–Crippen MR) is 81.1 cm³/mol. The first-order valence-corrected chi connectivity index (χ1v) is 7.90. The first-order valence-electron chi connectivity index (χ1n) is 6.91. The van der Waals surface area contributed by atoms with Crippen molar-refractivity contribution in [3.63, 3.8) is 0 Å². The smallest absolute Gasteiger partial charge is 0.230 e. The highest BCUT2D eigenvalue weighted by Crippen LogP contribution is 2.24. The number of carbonyl (C=O) groups is 1. The fourth-order valence-corrected chi connectivity index (χ4v) is 3.10. The number of hydrogen-bond acceptors (Lipinski definition) is 3. The van der Waals surface area contributed by atoms with E-state index < -0.39 is 0 Å². The third-order valence-corrected chi connectivity index (χ3v) is 4.64. The lowest BCUT2D eigenvalue weighted by molar-refractivity contribution is -0.119. The molecule has 1 aliphatic carbocycles. The number of rotatable bonds is 4. The molecule has 0 saturated heterocycles. The zero-order valence-corrected chi connectivity index (χ0v) is 12.2. The minimum atomic E-state index is 0.140. The normalized spacial score (nSPS) is 23.0. The Balaban J connectivity index is 1.71. The van der Waals surface area contributed by atoms with E-state index in [9.17, 15) is 4.79 Å². The Morgan fingerprint density at radius 2 is 1.89 bits per heavy atom. The van der Waals surface area contributed by atoms with Gasteiger partial charge in [-0.3, -0.25) is 4.79 Å². The SMILES string of the molecule is CC1CCC(NC(=O)CSc2ccc(N)cc2)CC1. The molecule has 0 aliphatic heterocycles. The lowest BCUT2D eigenvalue weighted by atomic mass is 9.87. The fourth-order valence-electron chi connectivity index (χ4n) is 2.39. The molecule has 0 unspecified atom stereocenters. The molecule has 0 spiro atoms. The molecule has 0 bridgehead atoms. The molecule has 1 amide bonds. The molecule has 1 aliphatic rings. The summed E-state index contributed by atoms with van der Waals surface area (Å²) in [5.41, 5.74) is 6.38. The summed E-state index contributed by atoms with van der Waals surface area (Å²) in [6, 6.07) is 8.02. The molecule has 1 aromatic carbocycles. The Hall–Kier alpha value is -1.16. The molecule has 3 N–H and O–H groups in total. The van der Waals surface area contributed by atoms with Crippen LogP contribution >= 0.6 is 11.8 Å². The molecule has 4 heteroatoms. The van der Waals surface area contributed by atoms with Gasteiger partial charge in [0.15, 0.2) is 0 Å². The van der Waals surface area contributed by atoms with E-state index >= 15 is 0 Å². The summed E-state index contributed by atoms with van der Waals surface area (Å²) < 4.78 is 0. The van der Waals surface area contributed by atoms with E-state index in [1.54, 1.807) is 11.8 Å². The second-order valence-electron chi connectivity index (χ2n) is 5.38. The molecule has 2 rings (SSSR count). The van der Waals surface area contributed by atoms with E-state index in [-0.39, 0.29) is 5.91 Å². The standard InChI is InChI=1S/C15H22N2OS/c1-11-2-6-13(7-3-11)17-15(18)10-19-14-8-4-12(16)5-9-14/h4-5,8-9,11,13H,2-3,6-7,10,16H2,1H3,(H,17,18). The molecular formula is C15H22N2OS. The van der Waals surface area contributed by atoms with Gasteiger partial charge in [-0.25, -0.2) is 0 Å². The van der Waals surface area contributed by atoms with E-state index in [1.165, 1.54) is 12.8 Å². The van der Waals surface area contributed by atoms with Crippen molar-refractivity contribution in [2.75, 3.05) is 11.5 Å². The largest absolute Gasteiger partial charge is 0.399 e. The zero-order chi connectivity index (χ0) is 13.7. The van der Waals surface area contributed by atoms with Crippen LogP contribution in [-0.4, -0.2) is 17.7 Å². The van der Waals surface area contributed by atoms with E-state index in [2.05, 4.69) is 12.2 Å². The maximum Gasteiger partial charge on any atom is 0.230 e. The molecule has 0 radical (unpaired) electrons. The van der Waals surface area contributed by atoms with Gasteiger partial charge >= 0.3 is 0 Å². The average Bonchev–Trinajstić information content (AvgIpc) is 2.41. The van der Waals surface area contributed by atoms with Gasteiger partial charge < -0.3 is 11.1 Å². The van der Waals surface area contributed by atoms with E-state index in [0.29, 0.717) is 11.8 Å². The third-order valence-electron chi connectivity index (χ3n) is 3.63. The molecule has 0 heterocycles. The minimum absolute atomic E-state index is 0.140. The Morgan fingerprint density at radius 3 is 2.53 bits per heavy atom. The molecule has 1 fully saturated rings. The number of nitrogen functional groups attached to an aromatic ring is 1. The minimum Gasteiger partial charge on any atom is -0.399 e. The molecule has 0 atom stereocenters. The summed E-state index contributed by atoms with van der Waals surface area (Å²) >= 11 is 1.56. The lowest BCUT2D eigenvalue weighted by Gasteiger charge is -2.26. The van der Waals surface area contributed by atoms with Crippen molar-refractivity contribution in [3.8, 4) is 0 Å². The van der Waals surface area contributed by atoms with Crippen molar-refractivity contribution in [3.05, 3.63) is 24.3 Å². The second-order valence-corrected chi connectivity index (χ2v) is 6.43. The summed E-state index contributed by atoms with van der Waals surface area (Å²) in [6.07, 6.45) is 4.71. The summed E-state index contributed by atoms with van der Waals surface area (Å²) in [6.45, 7) is 2.29. The van der Waals surface area contributed by atoms with Crippen molar-refractivity contribution in [2.24, 2.45) is 5.92 Å². The second kappa shape index (κ2) is 6.85. The van der Waals surface area contributed by atoms with Gasteiger partial charge in [0.2, 0.25) is 5.91 Å². The molecule has 1 aromatic rings. The lowest BCUT2D eigenvalue weighted by Crippen LogP contribution is -2.38. The van der Waals surface area contributed by atoms with Gasteiger partial charge in [-0.15, -0.1) is 11.8 Å². The van der Waals surface area contributed by atoms with Crippen LogP contribution in [0.5, 0.6) is 0 Å². The van der Waals surface area contributed by atoms with Gasteiger partial charge in [-0.05, 0) is 55.9 Å². The fraction of sp³-hybridized carbons (Fsp3) is 0.533. The van der Waals surface area contributed by atoms with Crippen molar-refractivity contribution >= 4 is 23.4 Å². The molecule has 3 nitrogen and oxygen atoms in total. The highest BCUT2D eigenvalue weighted by Gasteiger charge is 2.19. The van der Waals surface area contributed by atoms with Crippen molar-refractivity contribution in [1.82, 2.24) is 5.32 Å². The maximum absolute atomic E-state index is 11.9. The summed E-state index contributed by atoms with van der Waals surface area (Å²) in [7, 11) is 0. The summed E-state index contributed by atoms with van der Waals surface area (Å²) in [5.74, 6) is 1.44. The summed E-state index contributed by atoms with van der Waals surface area (Å²) in [5, 5.41) is 3.14. The van der Waals surface area contributed by atoms with Crippen LogP contribution in [0, 0.1) is 5.92 Å². The zero-order valence-electron chi connectivity index (χ0n) is 11.4. The van der Waals surface area contributed by atoms with E-state index in [1.807, 2.05) is 24.3 Å². The summed E-state index contributed by atoms with van der Waals surface area (Å²) in [4.78, 5) is 13.0. The Bertz CT molecular complexity index is 411. The molecule has 1 saturated carbocycles. The molecule has 19 heavy (non-hydrogen) atoms. The van der Waals surface area contributed by atoms with Crippen molar-refractivity contribution in [1.29, 1.82) is 0 Å². The van der Waals surface area contributed by atoms with Crippen LogP contribution in [-0.2, 0) is 4.79 Å². The Morgan fingerprint density at radius 1 is 1.26 bits per heavy atom. The molecule has 0 aromatic heterocycles. The monoisotopic (exact) mass is 278 g/mol. The number of nitrogens with two attached hydrogens (primary N) is 1. The number of amides is 1. The average molecular weight is 278 g/mol. The van der Waals surface area contributed by atoms with Gasteiger partial charge in [0.05, 0.1) is 5.75 Å². The molecular weight excluding hydrogens is 256 g/mol. The highest BCUT2D eigenvalue weighted by molar-refractivity contribution is 8.00. The van der Waals surface area contributed by atoms with Gasteiger partial charge in [-0.1, -0.05) is 6.92 Å². The van der Waals surface area contributed by atoms with Crippen LogP contribution in [0.2, 0.25) is 0 Å². The van der Waals surface area contributed by atoms with Crippen LogP contribution in [0.25, 0.3) is 0 Å². The predicted octanol–water partition coefficient (Wildman–Crippen LogP) is 3.06. The number of benzene rings is 1. The van der Waals surface area contributed by atoms with Gasteiger partial charge in [0, 0.05) is 16.6 Å². The van der Waals surface area contributed by atoms with Gasteiger partial charge in [0.25, 0.3) is 0 Å². The van der Waals surface area contributed by atoms with E-state index in [4.69, 9.17) is 5.73 Å². The van der Waals surface area contributed by atoms with Crippen LogP contribution in [0.3, 0.4) is 0 Å². The topological polar surface area (TPSA) is 55.1 Å². The van der Waals surface area contributed by atoms with Crippen molar-refractivity contribution in [2.45, 2.75) is 43.5 Å². The highest BCUT2D eigenvalue weighted by atomic mass is 32.2. The number of thioether (sulfide) groups is 1. The number of hydrogen-bond donors (Lipinski definition) is 2. The third kappa shape index (κ3) is 4.78. The quantitative estimate of drug-likeness (QED) is 0.657. The maximum atomic E-state index is 11.9. The van der Waals surface area contributed by atoms with Crippen molar-refractivity contribution < 1.29 is 4.79 Å².